The van der Waals surface area contributed by atoms with Crippen LogP contribution in [0.15, 0.2) is 33.7 Å². The van der Waals surface area contributed by atoms with E-state index in [1.54, 1.807) is 12.1 Å². The Hall–Kier alpha value is -1.84. The summed E-state index contributed by atoms with van der Waals surface area (Å²) in [5, 5.41) is 0.461. The number of fused-ring (bicyclic) bond motifs is 1. The van der Waals surface area contributed by atoms with E-state index in [0.29, 0.717) is 17.0 Å². The largest absolute Gasteiger partial charge is 0.481 e. The Morgan fingerprint density at radius 2 is 2.23 bits per heavy atom. The summed E-state index contributed by atoms with van der Waals surface area (Å²) < 4.78 is 9.93. The van der Waals surface area contributed by atoms with Gasteiger partial charge in [-0.25, -0.2) is 0 Å². The molecule has 2 heterocycles. The molecule has 0 aliphatic rings. The van der Waals surface area contributed by atoms with Crippen LogP contribution in [0, 0.1) is 0 Å². The van der Waals surface area contributed by atoms with Crippen molar-refractivity contribution < 1.29 is 9.15 Å². The van der Waals surface area contributed by atoms with Crippen LogP contribution in [-0.4, -0.2) is 12.1 Å². The first-order valence-corrected chi connectivity index (χ1v) is 3.74. The molecule has 0 bridgehead atoms. The van der Waals surface area contributed by atoms with Gasteiger partial charge in [-0.2, -0.15) is 4.98 Å². The van der Waals surface area contributed by atoms with Crippen LogP contribution in [0.2, 0.25) is 0 Å². The summed E-state index contributed by atoms with van der Waals surface area (Å²) in [6, 6.07) is 4.61. The minimum absolute atomic E-state index is 0.101. The lowest BCUT2D eigenvalue weighted by atomic mass is 10.3. The maximum Gasteiger partial charge on any atom is 0.233 e. The highest BCUT2D eigenvalue weighted by Gasteiger charge is 2.01. The van der Waals surface area contributed by atoms with Gasteiger partial charge in [-0.3, -0.25) is 4.79 Å². The van der Waals surface area contributed by atoms with E-state index in [1.807, 2.05) is 0 Å². The van der Waals surface area contributed by atoms with Gasteiger partial charge in [-0.1, -0.05) is 0 Å². The molecule has 4 nitrogen and oxygen atoms in total. The predicted octanol–water partition coefficient (Wildman–Crippen LogP) is 1.20. The molecule has 0 unspecified atom stereocenters. The number of hydrogen-bond donors (Lipinski definition) is 0. The van der Waals surface area contributed by atoms with Crippen molar-refractivity contribution in [2.45, 2.75) is 0 Å². The van der Waals surface area contributed by atoms with Crippen LogP contribution >= 0.6 is 0 Å². The SMILES string of the molecule is COc1ccc2c(=O)ccoc2n1. The number of hydrogen-bond acceptors (Lipinski definition) is 4. The molecule has 0 amide bonds. The molecule has 0 atom stereocenters. The number of ether oxygens (including phenoxy) is 1. The van der Waals surface area contributed by atoms with E-state index in [-0.39, 0.29) is 5.43 Å². The van der Waals surface area contributed by atoms with E-state index in [9.17, 15) is 4.79 Å². The van der Waals surface area contributed by atoms with Gasteiger partial charge >= 0.3 is 0 Å². The number of pyridine rings is 1. The zero-order valence-electron chi connectivity index (χ0n) is 6.98. The maximum atomic E-state index is 11.2. The van der Waals surface area contributed by atoms with Crippen LogP contribution < -0.4 is 10.2 Å². The van der Waals surface area contributed by atoms with E-state index < -0.39 is 0 Å². The molecule has 13 heavy (non-hydrogen) atoms. The van der Waals surface area contributed by atoms with Gasteiger partial charge in [0, 0.05) is 12.1 Å². The Bertz CT molecular complexity index is 489. The van der Waals surface area contributed by atoms with Crippen LogP contribution in [0.25, 0.3) is 11.1 Å². The standard InChI is InChI=1S/C9H7NO3/c1-12-8-3-2-6-7(11)4-5-13-9(6)10-8/h2-5H,1H3. The van der Waals surface area contributed by atoms with Crippen LogP contribution in [0.4, 0.5) is 0 Å². The van der Waals surface area contributed by atoms with E-state index >= 15 is 0 Å². The first-order valence-electron chi connectivity index (χ1n) is 3.74. The van der Waals surface area contributed by atoms with Gasteiger partial charge in [0.15, 0.2) is 5.43 Å². The third-order valence-electron chi connectivity index (χ3n) is 1.71. The van der Waals surface area contributed by atoms with Gasteiger partial charge in [0.2, 0.25) is 11.6 Å². The second-order valence-corrected chi connectivity index (χ2v) is 2.49. The van der Waals surface area contributed by atoms with Crippen molar-refractivity contribution in [2.24, 2.45) is 0 Å². The van der Waals surface area contributed by atoms with E-state index in [1.165, 1.54) is 19.4 Å². The zero-order chi connectivity index (χ0) is 9.26. The van der Waals surface area contributed by atoms with Crippen molar-refractivity contribution in [1.82, 2.24) is 4.98 Å². The molecule has 4 heteroatoms. The molecule has 2 aromatic rings. The summed E-state index contributed by atoms with van der Waals surface area (Å²) in [7, 11) is 1.51. The molecular weight excluding hydrogens is 170 g/mol. The van der Waals surface area contributed by atoms with Gasteiger partial charge in [0.25, 0.3) is 0 Å². The molecule has 2 aromatic heterocycles. The average Bonchev–Trinajstić information content (AvgIpc) is 2.18. The summed E-state index contributed by atoms with van der Waals surface area (Å²) >= 11 is 0. The van der Waals surface area contributed by atoms with Gasteiger partial charge in [-0.05, 0) is 6.07 Å². The number of methoxy groups -OCH3 is 1. The second kappa shape index (κ2) is 2.90. The molecule has 0 aliphatic carbocycles. The zero-order valence-corrected chi connectivity index (χ0v) is 6.98. The minimum atomic E-state index is -0.101. The minimum Gasteiger partial charge on any atom is -0.481 e. The van der Waals surface area contributed by atoms with Crippen molar-refractivity contribution in [3.05, 3.63) is 34.7 Å². The van der Waals surface area contributed by atoms with Gasteiger partial charge in [0.05, 0.1) is 18.8 Å². The number of rotatable bonds is 1. The third kappa shape index (κ3) is 1.26. The fourth-order valence-electron chi connectivity index (χ4n) is 1.06. The summed E-state index contributed by atoms with van der Waals surface area (Å²) in [5.41, 5.74) is 0.197. The highest BCUT2D eigenvalue weighted by atomic mass is 16.5. The summed E-state index contributed by atoms with van der Waals surface area (Å²) in [5.74, 6) is 0.432. The van der Waals surface area contributed by atoms with Crippen LogP contribution in [0.3, 0.4) is 0 Å². The average molecular weight is 177 g/mol. The molecule has 0 saturated heterocycles. The summed E-state index contributed by atoms with van der Waals surface area (Å²) in [6.07, 6.45) is 1.32. The van der Waals surface area contributed by atoms with Gasteiger partial charge < -0.3 is 9.15 Å². The molecule has 0 radical (unpaired) electrons. The molecule has 0 aliphatic heterocycles. The van der Waals surface area contributed by atoms with E-state index in [2.05, 4.69) is 4.98 Å². The molecule has 0 N–H and O–H groups in total. The monoisotopic (exact) mass is 177 g/mol. The Kier molecular flexibility index (Phi) is 1.73. The molecule has 0 saturated carbocycles. The van der Waals surface area contributed by atoms with E-state index in [0.717, 1.165) is 0 Å². The molecule has 0 fully saturated rings. The number of nitrogens with zero attached hydrogens (tertiary/aromatic N) is 1. The predicted molar refractivity (Wildman–Crippen MR) is 46.8 cm³/mol. The Labute approximate surface area is 73.8 Å². The third-order valence-corrected chi connectivity index (χ3v) is 1.71. The lowest BCUT2D eigenvalue weighted by molar-refractivity contribution is 0.396. The van der Waals surface area contributed by atoms with Crippen molar-refractivity contribution in [3.63, 3.8) is 0 Å². The van der Waals surface area contributed by atoms with Crippen LogP contribution in [0.1, 0.15) is 0 Å². The molecule has 0 aromatic carbocycles. The topological polar surface area (TPSA) is 52.3 Å². The first kappa shape index (κ1) is 7.79. The fraction of sp³-hybridized carbons (Fsp3) is 0.111. The maximum absolute atomic E-state index is 11.2. The Morgan fingerprint density at radius 3 is 3.00 bits per heavy atom. The van der Waals surface area contributed by atoms with Crippen LogP contribution in [0.5, 0.6) is 5.88 Å². The molecular formula is C9H7NO3. The van der Waals surface area contributed by atoms with Crippen molar-refractivity contribution in [2.75, 3.05) is 7.11 Å². The highest BCUT2D eigenvalue weighted by Crippen LogP contribution is 2.12. The molecule has 66 valence electrons. The second-order valence-electron chi connectivity index (χ2n) is 2.49. The summed E-state index contributed by atoms with van der Waals surface area (Å²) in [6.45, 7) is 0. The Balaban J connectivity index is 2.80. The number of aromatic nitrogens is 1. The smallest absolute Gasteiger partial charge is 0.233 e. The quantitative estimate of drug-likeness (QED) is 0.656. The lowest BCUT2D eigenvalue weighted by Gasteiger charge is -1.98. The molecule has 2 rings (SSSR count). The first-order chi connectivity index (χ1) is 6.31. The Morgan fingerprint density at radius 1 is 1.38 bits per heavy atom. The fourth-order valence-corrected chi connectivity index (χ4v) is 1.06. The highest BCUT2D eigenvalue weighted by molar-refractivity contribution is 5.72. The van der Waals surface area contributed by atoms with E-state index in [4.69, 9.17) is 9.15 Å². The normalized spacial score (nSPS) is 10.2. The lowest BCUT2D eigenvalue weighted by Crippen LogP contribution is -1.99. The molecule has 0 spiro atoms. The van der Waals surface area contributed by atoms with Crippen LogP contribution in [-0.2, 0) is 0 Å². The van der Waals surface area contributed by atoms with Crippen molar-refractivity contribution in [3.8, 4) is 5.88 Å². The van der Waals surface area contributed by atoms with Crippen molar-refractivity contribution in [1.29, 1.82) is 0 Å². The van der Waals surface area contributed by atoms with Crippen molar-refractivity contribution >= 4 is 11.1 Å². The van der Waals surface area contributed by atoms with Gasteiger partial charge in [-0.15, -0.1) is 0 Å². The summed E-state index contributed by atoms with van der Waals surface area (Å²) in [4.78, 5) is 15.2. The van der Waals surface area contributed by atoms with Gasteiger partial charge in [0.1, 0.15) is 0 Å².